The Morgan fingerprint density at radius 1 is 1.07 bits per heavy atom. The van der Waals surface area contributed by atoms with Crippen molar-refractivity contribution < 1.29 is 0 Å². The van der Waals surface area contributed by atoms with Gasteiger partial charge in [0, 0.05) is 0 Å². The summed E-state index contributed by atoms with van der Waals surface area (Å²) in [4.78, 5) is 0. The van der Waals surface area contributed by atoms with E-state index in [4.69, 9.17) is 0 Å². The molecule has 0 aromatic carbocycles. The van der Waals surface area contributed by atoms with Gasteiger partial charge < -0.3 is 0 Å². The Hall–Kier alpha value is -0.260. The molecule has 15 heavy (non-hydrogen) atoms. The summed E-state index contributed by atoms with van der Waals surface area (Å²) in [6, 6.07) is 0. The van der Waals surface area contributed by atoms with Gasteiger partial charge in [-0.05, 0) is 75.5 Å². The van der Waals surface area contributed by atoms with Crippen molar-refractivity contribution in [2.45, 2.75) is 59.3 Å². The van der Waals surface area contributed by atoms with Gasteiger partial charge in [0.05, 0.1) is 0 Å². The molecule has 4 rings (SSSR count). The van der Waals surface area contributed by atoms with E-state index < -0.39 is 0 Å². The summed E-state index contributed by atoms with van der Waals surface area (Å²) in [5.41, 5.74) is 4.18. The maximum absolute atomic E-state index is 2.44. The fraction of sp³-hybridized carbons (Fsp3) is 0.867. The molecule has 0 aromatic rings. The Morgan fingerprint density at radius 2 is 1.67 bits per heavy atom. The van der Waals surface area contributed by atoms with E-state index in [2.05, 4.69) is 20.8 Å². The van der Waals surface area contributed by atoms with Gasteiger partial charge in [0.25, 0.3) is 0 Å². The van der Waals surface area contributed by atoms with Gasteiger partial charge in [0.2, 0.25) is 0 Å². The summed E-state index contributed by atoms with van der Waals surface area (Å²) in [5.74, 6) is 3.05. The van der Waals surface area contributed by atoms with Crippen molar-refractivity contribution >= 4 is 0 Å². The van der Waals surface area contributed by atoms with Crippen LogP contribution in [-0.2, 0) is 0 Å². The van der Waals surface area contributed by atoms with Gasteiger partial charge in [-0.1, -0.05) is 18.1 Å². The largest absolute Gasteiger partial charge is 0.0710 e. The van der Waals surface area contributed by atoms with Crippen LogP contribution in [0.15, 0.2) is 11.1 Å². The molecular weight excluding hydrogens is 180 g/mol. The number of hydrogen-bond acceptors (Lipinski definition) is 0. The van der Waals surface area contributed by atoms with Crippen molar-refractivity contribution in [3.8, 4) is 0 Å². The normalized spacial score (nSPS) is 49.4. The standard InChI is InChI=1S/C15H24/c1-10-4-5-15(12(3)11(10)2)8-13-6-14(7-13)9-15/h10,13-14H,4-9H2,1-3H3. The summed E-state index contributed by atoms with van der Waals surface area (Å²) < 4.78 is 0. The minimum Gasteiger partial charge on any atom is -0.0710 e. The van der Waals surface area contributed by atoms with E-state index in [1.165, 1.54) is 25.7 Å². The van der Waals surface area contributed by atoms with Crippen LogP contribution in [0.4, 0.5) is 0 Å². The fourth-order valence-electron chi connectivity index (χ4n) is 4.59. The van der Waals surface area contributed by atoms with E-state index in [1.807, 2.05) is 0 Å². The molecule has 2 bridgehead atoms. The lowest BCUT2D eigenvalue weighted by atomic mass is 9.50. The lowest BCUT2D eigenvalue weighted by molar-refractivity contribution is 0.00663. The van der Waals surface area contributed by atoms with Crippen LogP contribution in [0.2, 0.25) is 0 Å². The quantitative estimate of drug-likeness (QED) is 0.507. The van der Waals surface area contributed by atoms with Crippen LogP contribution in [0.5, 0.6) is 0 Å². The molecule has 0 radical (unpaired) electrons. The number of allylic oxidation sites excluding steroid dienone is 2. The number of rotatable bonds is 0. The van der Waals surface area contributed by atoms with Crippen molar-refractivity contribution in [2.75, 3.05) is 0 Å². The van der Waals surface area contributed by atoms with E-state index in [0.29, 0.717) is 5.41 Å². The molecule has 4 aliphatic rings. The van der Waals surface area contributed by atoms with Gasteiger partial charge in [0.15, 0.2) is 0 Å². The first-order valence-electron chi connectivity index (χ1n) is 6.78. The average Bonchev–Trinajstić information content (AvgIpc) is 2.21. The predicted octanol–water partition coefficient (Wildman–Crippen LogP) is 4.56. The first kappa shape index (κ1) is 9.93. The Morgan fingerprint density at radius 3 is 2.27 bits per heavy atom. The Labute approximate surface area is 94.1 Å². The molecule has 0 saturated heterocycles. The van der Waals surface area contributed by atoms with Crippen molar-refractivity contribution in [1.82, 2.24) is 0 Å². The minimum absolute atomic E-state index is 0.669. The van der Waals surface area contributed by atoms with Crippen molar-refractivity contribution in [2.24, 2.45) is 23.2 Å². The van der Waals surface area contributed by atoms with Crippen LogP contribution >= 0.6 is 0 Å². The third-order valence-corrected chi connectivity index (χ3v) is 5.87. The minimum atomic E-state index is 0.669. The summed E-state index contributed by atoms with van der Waals surface area (Å²) in [7, 11) is 0. The predicted molar refractivity (Wildman–Crippen MR) is 64.7 cm³/mol. The number of hydrogen-bond donors (Lipinski definition) is 0. The van der Waals surface area contributed by atoms with E-state index >= 15 is 0 Å². The zero-order valence-electron chi connectivity index (χ0n) is 10.5. The molecule has 0 aromatic heterocycles. The second-order valence-electron chi connectivity index (χ2n) is 6.64. The fourth-order valence-corrected chi connectivity index (χ4v) is 4.59. The summed E-state index contributed by atoms with van der Waals surface area (Å²) in [6.07, 6.45) is 9.11. The van der Waals surface area contributed by atoms with Crippen LogP contribution in [0, 0.1) is 23.2 Å². The van der Waals surface area contributed by atoms with E-state index in [0.717, 1.165) is 17.8 Å². The first-order chi connectivity index (χ1) is 7.11. The molecule has 0 amide bonds. The molecule has 0 aliphatic heterocycles. The summed E-state index contributed by atoms with van der Waals surface area (Å²) in [6.45, 7) is 7.24. The zero-order chi connectivity index (χ0) is 10.6. The molecule has 84 valence electrons. The highest BCUT2D eigenvalue weighted by Crippen LogP contribution is 2.61. The van der Waals surface area contributed by atoms with Crippen LogP contribution < -0.4 is 0 Å². The van der Waals surface area contributed by atoms with Gasteiger partial charge >= 0.3 is 0 Å². The molecule has 3 fully saturated rings. The van der Waals surface area contributed by atoms with Crippen molar-refractivity contribution in [3.63, 3.8) is 0 Å². The average molecular weight is 204 g/mol. The highest BCUT2D eigenvalue weighted by Gasteiger charge is 2.49. The van der Waals surface area contributed by atoms with Gasteiger partial charge in [-0.25, -0.2) is 0 Å². The Bertz CT molecular complexity index is 294. The van der Waals surface area contributed by atoms with Gasteiger partial charge in [-0.2, -0.15) is 0 Å². The lowest BCUT2D eigenvalue weighted by Gasteiger charge is -2.55. The Balaban J connectivity index is 1.92. The van der Waals surface area contributed by atoms with Crippen LogP contribution in [0.1, 0.15) is 59.3 Å². The maximum atomic E-state index is 2.44. The third-order valence-electron chi connectivity index (χ3n) is 5.87. The third kappa shape index (κ3) is 1.33. The van der Waals surface area contributed by atoms with Gasteiger partial charge in [0.1, 0.15) is 0 Å². The van der Waals surface area contributed by atoms with E-state index in [9.17, 15) is 0 Å². The molecule has 0 N–H and O–H groups in total. The first-order valence-corrected chi connectivity index (χ1v) is 6.78. The molecular formula is C15H24. The molecule has 1 unspecified atom stereocenters. The molecule has 1 atom stereocenters. The van der Waals surface area contributed by atoms with E-state index in [-0.39, 0.29) is 0 Å². The van der Waals surface area contributed by atoms with Crippen LogP contribution in [0.25, 0.3) is 0 Å². The van der Waals surface area contributed by atoms with E-state index in [1.54, 1.807) is 24.0 Å². The lowest BCUT2D eigenvalue weighted by Crippen LogP contribution is -2.44. The topological polar surface area (TPSA) is 0 Å². The highest BCUT2D eigenvalue weighted by molar-refractivity contribution is 5.26. The summed E-state index contributed by atoms with van der Waals surface area (Å²) in [5, 5.41) is 0. The summed E-state index contributed by atoms with van der Waals surface area (Å²) >= 11 is 0. The molecule has 0 nitrogen and oxygen atoms in total. The SMILES string of the molecule is CC1=C(C)C2(CCC1C)CC1CC(C1)C2. The van der Waals surface area contributed by atoms with Crippen LogP contribution in [-0.4, -0.2) is 0 Å². The maximum Gasteiger partial charge on any atom is -0.00827 e. The van der Waals surface area contributed by atoms with Crippen LogP contribution in [0.3, 0.4) is 0 Å². The van der Waals surface area contributed by atoms with Gasteiger partial charge in [-0.15, -0.1) is 0 Å². The second-order valence-corrected chi connectivity index (χ2v) is 6.64. The van der Waals surface area contributed by atoms with Crippen molar-refractivity contribution in [1.29, 1.82) is 0 Å². The molecule has 3 saturated carbocycles. The monoisotopic (exact) mass is 204 g/mol. The smallest absolute Gasteiger partial charge is 0.00827 e. The zero-order valence-corrected chi connectivity index (χ0v) is 10.5. The molecule has 0 heteroatoms. The van der Waals surface area contributed by atoms with Crippen molar-refractivity contribution in [3.05, 3.63) is 11.1 Å². The Kier molecular flexibility index (Phi) is 2.06. The molecule has 1 spiro atoms. The second kappa shape index (κ2) is 3.12. The van der Waals surface area contributed by atoms with Gasteiger partial charge in [-0.3, -0.25) is 0 Å². The highest BCUT2D eigenvalue weighted by atomic mass is 14.5. The molecule has 4 aliphatic carbocycles. The molecule has 0 heterocycles.